The quantitative estimate of drug-likeness (QED) is 0.0756. The van der Waals surface area contributed by atoms with E-state index >= 15 is 0 Å². The first-order valence-corrected chi connectivity index (χ1v) is 17.1. The third-order valence-electron chi connectivity index (χ3n) is 6.82. The molecule has 0 spiro atoms. The Morgan fingerprint density at radius 3 is 1.20 bits per heavy atom. The van der Waals surface area contributed by atoms with Gasteiger partial charge in [-0.25, -0.2) is 0 Å². The molecular formula is C29H64ClNO3Si. The average Bonchev–Trinajstić information content (AvgIpc) is 2.80. The highest BCUT2D eigenvalue weighted by Gasteiger charge is 2.41. The molecule has 4 nitrogen and oxygen atoms in total. The van der Waals surface area contributed by atoms with Gasteiger partial charge in [-0.2, -0.15) is 0 Å². The lowest BCUT2D eigenvalue weighted by molar-refractivity contribution is -0.890. The highest BCUT2D eigenvalue weighted by Crippen LogP contribution is 2.22. The number of unbranched alkanes of at least 4 members (excludes halogenated alkanes) is 12. The summed E-state index contributed by atoms with van der Waals surface area (Å²) in [4.78, 5) is 0. The van der Waals surface area contributed by atoms with Crippen LogP contribution in [0.5, 0.6) is 0 Å². The molecule has 6 heteroatoms. The van der Waals surface area contributed by atoms with Crippen molar-refractivity contribution >= 4 is 8.80 Å². The minimum Gasteiger partial charge on any atom is -1.00 e. The van der Waals surface area contributed by atoms with Crippen LogP contribution in [0.3, 0.4) is 0 Å². The molecule has 0 aromatic heterocycles. The van der Waals surface area contributed by atoms with E-state index in [0.717, 1.165) is 75.3 Å². The van der Waals surface area contributed by atoms with Gasteiger partial charge in [0, 0.05) is 32.3 Å². The maximum absolute atomic E-state index is 6.43. The Morgan fingerprint density at radius 2 is 0.800 bits per heavy atom. The third-order valence-corrected chi connectivity index (χ3v) is 9.72. The summed E-state index contributed by atoms with van der Waals surface area (Å²) < 4.78 is 20.4. The van der Waals surface area contributed by atoms with Crippen LogP contribution in [0, 0.1) is 0 Å². The fourth-order valence-electron chi connectivity index (χ4n) is 4.32. The number of hydrogen-bond donors (Lipinski definition) is 0. The zero-order valence-electron chi connectivity index (χ0n) is 24.8. The summed E-state index contributed by atoms with van der Waals surface area (Å²) in [5, 5.41) is 0. The Bertz CT molecular complexity index is 400. The molecule has 0 aliphatic heterocycles. The second kappa shape index (κ2) is 26.0. The molecule has 0 unspecified atom stereocenters. The van der Waals surface area contributed by atoms with Gasteiger partial charge in [0.25, 0.3) is 0 Å². The van der Waals surface area contributed by atoms with Crippen LogP contribution in [0.2, 0.25) is 6.04 Å². The molecule has 0 aromatic rings. The minimum absolute atomic E-state index is 0. The van der Waals surface area contributed by atoms with Crippen LogP contribution in [0.15, 0.2) is 0 Å². The fourth-order valence-corrected chi connectivity index (χ4v) is 6.96. The van der Waals surface area contributed by atoms with Crippen molar-refractivity contribution < 1.29 is 30.2 Å². The van der Waals surface area contributed by atoms with E-state index in [1.165, 1.54) is 77.3 Å². The van der Waals surface area contributed by atoms with E-state index in [0.29, 0.717) is 0 Å². The van der Waals surface area contributed by atoms with Crippen molar-refractivity contribution in [2.24, 2.45) is 0 Å². The number of nitrogens with zero attached hydrogens (tertiary/aromatic N) is 1. The molecule has 0 bridgehead atoms. The van der Waals surface area contributed by atoms with Crippen LogP contribution < -0.4 is 12.4 Å². The maximum Gasteiger partial charge on any atom is 0.501 e. The topological polar surface area (TPSA) is 27.7 Å². The van der Waals surface area contributed by atoms with Crippen molar-refractivity contribution in [1.29, 1.82) is 0 Å². The Hall–Kier alpha value is 0.347. The van der Waals surface area contributed by atoms with Crippen molar-refractivity contribution in [2.75, 3.05) is 47.0 Å². The Labute approximate surface area is 228 Å². The summed E-state index contributed by atoms with van der Waals surface area (Å²) in [6.45, 7) is 13.7. The van der Waals surface area contributed by atoms with Crippen molar-refractivity contribution in [3.05, 3.63) is 0 Å². The Kier molecular flexibility index (Phi) is 27.8. The molecule has 0 saturated carbocycles. The van der Waals surface area contributed by atoms with Crippen molar-refractivity contribution in [2.45, 2.75) is 143 Å². The number of quaternary nitrogens is 1. The average molecular weight is 538 g/mol. The van der Waals surface area contributed by atoms with E-state index in [1.54, 1.807) is 0 Å². The van der Waals surface area contributed by atoms with Gasteiger partial charge < -0.3 is 30.2 Å². The molecule has 0 aromatic carbocycles. The van der Waals surface area contributed by atoms with E-state index < -0.39 is 8.80 Å². The van der Waals surface area contributed by atoms with Gasteiger partial charge in [0.15, 0.2) is 0 Å². The third kappa shape index (κ3) is 23.2. The maximum atomic E-state index is 6.43. The van der Waals surface area contributed by atoms with E-state index in [2.05, 4.69) is 41.8 Å². The van der Waals surface area contributed by atoms with E-state index in [4.69, 9.17) is 13.3 Å². The van der Waals surface area contributed by atoms with E-state index in [1.807, 2.05) is 0 Å². The molecule has 0 rings (SSSR count). The monoisotopic (exact) mass is 537 g/mol. The van der Waals surface area contributed by atoms with E-state index in [-0.39, 0.29) is 12.4 Å². The minimum atomic E-state index is -2.58. The second-order valence-electron chi connectivity index (χ2n) is 11.0. The molecule has 0 amide bonds. The van der Waals surface area contributed by atoms with Crippen molar-refractivity contribution in [3.63, 3.8) is 0 Å². The molecule has 0 fully saturated rings. The summed E-state index contributed by atoms with van der Waals surface area (Å²) in [6, 6.07) is 0.962. The molecular weight excluding hydrogens is 474 g/mol. The first kappa shape index (κ1) is 37.5. The molecule has 0 aliphatic rings. The molecule has 0 N–H and O–H groups in total. The van der Waals surface area contributed by atoms with Crippen LogP contribution in [0.4, 0.5) is 0 Å². The van der Waals surface area contributed by atoms with Gasteiger partial charge in [0.1, 0.15) is 0 Å². The number of halogens is 1. The summed E-state index contributed by atoms with van der Waals surface area (Å²) >= 11 is 0. The van der Waals surface area contributed by atoms with E-state index in [9.17, 15) is 0 Å². The lowest BCUT2D eigenvalue weighted by Crippen LogP contribution is -3.00. The Balaban J connectivity index is 0. The van der Waals surface area contributed by atoms with Crippen molar-refractivity contribution in [3.8, 4) is 0 Å². The van der Waals surface area contributed by atoms with Crippen LogP contribution in [-0.4, -0.2) is 60.3 Å². The standard InChI is InChI=1S/C29H64NO3Si.ClH/c1-7-11-15-16-17-18-19-20-21-22-24-30(5,6)25-23-29-34(31-26-12-8-2,32-27-13-9-3)33-28-14-10-4;/h7-29H2,1-6H3;1H/q+1;/p-1. The normalized spacial score (nSPS) is 12.2. The lowest BCUT2D eigenvalue weighted by atomic mass is 10.1. The van der Waals surface area contributed by atoms with Crippen LogP contribution in [0.25, 0.3) is 0 Å². The summed E-state index contributed by atoms with van der Waals surface area (Å²) in [5.41, 5.74) is 0. The van der Waals surface area contributed by atoms with Crippen LogP contribution >= 0.6 is 0 Å². The predicted molar refractivity (Wildman–Crippen MR) is 151 cm³/mol. The first-order chi connectivity index (χ1) is 16.4. The molecule has 0 saturated heterocycles. The highest BCUT2D eigenvalue weighted by atomic mass is 35.5. The highest BCUT2D eigenvalue weighted by molar-refractivity contribution is 6.60. The van der Waals surface area contributed by atoms with Crippen LogP contribution in [0.1, 0.15) is 137 Å². The molecule has 214 valence electrons. The molecule has 0 atom stereocenters. The smallest absolute Gasteiger partial charge is 0.501 e. The molecule has 0 radical (unpaired) electrons. The van der Waals surface area contributed by atoms with Gasteiger partial charge in [0.2, 0.25) is 0 Å². The Morgan fingerprint density at radius 1 is 0.457 bits per heavy atom. The van der Waals surface area contributed by atoms with Crippen molar-refractivity contribution in [1.82, 2.24) is 0 Å². The molecule has 0 heterocycles. The number of rotatable bonds is 27. The van der Waals surface area contributed by atoms with Gasteiger partial charge >= 0.3 is 8.80 Å². The van der Waals surface area contributed by atoms with Gasteiger partial charge in [-0.3, -0.25) is 0 Å². The first-order valence-electron chi connectivity index (χ1n) is 15.2. The zero-order chi connectivity index (χ0) is 25.4. The second-order valence-corrected chi connectivity index (χ2v) is 13.7. The SMILES string of the molecule is CCCCCCCCCCCC[N+](C)(C)CCC[Si](OCCCC)(OCCCC)OCCCC.[Cl-]. The zero-order valence-corrected chi connectivity index (χ0v) is 26.6. The summed E-state index contributed by atoms with van der Waals surface area (Å²) in [5.74, 6) is 0. The molecule has 0 aliphatic carbocycles. The summed E-state index contributed by atoms with van der Waals surface area (Å²) in [6.07, 6.45) is 21.9. The lowest BCUT2D eigenvalue weighted by Gasteiger charge is -2.33. The van der Waals surface area contributed by atoms with Gasteiger partial charge in [-0.15, -0.1) is 0 Å². The van der Waals surface area contributed by atoms with Crippen LogP contribution in [-0.2, 0) is 13.3 Å². The largest absolute Gasteiger partial charge is 1.00 e. The van der Waals surface area contributed by atoms with Gasteiger partial charge in [-0.05, 0) is 32.1 Å². The predicted octanol–water partition coefficient (Wildman–Crippen LogP) is 5.77. The van der Waals surface area contributed by atoms with Gasteiger partial charge in [-0.1, -0.05) is 98.3 Å². The summed E-state index contributed by atoms with van der Waals surface area (Å²) in [7, 11) is 2.20. The number of hydrogen-bond acceptors (Lipinski definition) is 3. The van der Waals surface area contributed by atoms with Gasteiger partial charge in [0.05, 0.1) is 27.2 Å². The fraction of sp³-hybridized carbons (Fsp3) is 1.00. The molecule has 35 heavy (non-hydrogen) atoms.